The SMILES string of the molecule is CC1(C)OB(c2cnc(N3C4CCCC3CC4)nc2)OC1(C)C. The van der Waals surface area contributed by atoms with Crippen molar-refractivity contribution in [3.05, 3.63) is 12.4 Å². The fourth-order valence-corrected chi connectivity index (χ4v) is 4.01. The second-order valence-electron chi connectivity index (χ2n) is 8.13. The summed E-state index contributed by atoms with van der Waals surface area (Å²) in [7, 11) is -0.382. The summed E-state index contributed by atoms with van der Waals surface area (Å²) in [6.07, 6.45) is 10.2. The summed E-state index contributed by atoms with van der Waals surface area (Å²) < 4.78 is 12.1. The number of fused-ring (bicyclic) bond motifs is 2. The van der Waals surface area contributed by atoms with Gasteiger partial charge in [0.05, 0.1) is 11.2 Å². The minimum absolute atomic E-state index is 0.331. The summed E-state index contributed by atoms with van der Waals surface area (Å²) in [4.78, 5) is 11.7. The summed E-state index contributed by atoms with van der Waals surface area (Å²) in [5.74, 6) is 0.873. The van der Waals surface area contributed by atoms with Gasteiger partial charge in [-0.3, -0.25) is 0 Å². The first-order chi connectivity index (χ1) is 10.9. The molecule has 124 valence electrons. The van der Waals surface area contributed by atoms with Crippen molar-refractivity contribution in [2.75, 3.05) is 4.90 Å². The molecule has 0 N–H and O–H groups in total. The second-order valence-corrected chi connectivity index (χ2v) is 8.13. The van der Waals surface area contributed by atoms with E-state index in [1.165, 1.54) is 32.1 Å². The molecule has 23 heavy (non-hydrogen) atoms. The van der Waals surface area contributed by atoms with E-state index < -0.39 is 0 Å². The first-order valence-corrected chi connectivity index (χ1v) is 8.83. The number of piperidine rings is 1. The number of nitrogens with zero attached hydrogens (tertiary/aromatic N) is 3. The van der Waals surface area contributed by atoms with E-state index in [9.17, 15) is 0 Å². The van der Waals surface area contributed by atoms with E-state index in [-0.39, 0.29) is 18.3 Å². The summed E-state index contributed by atoms with van der Waals surface area (Å²) in [5.41, 5.74) is 0.238. The number of anilines is 1. The maximum absolute atomic E-state index is 6.07. The van der Waals surface area contributed by atoms with Gasteiger partial charge >= 0.3 is 7.12 Å². The van der Waals surface area contributed by atoms with Crippen LogP contribution in [0.15, 0.2) is 12.4 Å². The van der Waals surface area contributed by atoms with Crippen molar-refractivity contribution in [2.45, 2.75) is 83.1 Å². The number of hydrogen-bond donors (Lipinski definition) is 0. The van der Waals surface area contributed by atoms with E-state index >= 15 is 0 Å². The van der Waals surface area contributed by atoms with Crippen LogP contribution in [0.4, 0.5) is 5.95 Å². The molecule has 0 spiro atoms. The van der Waals surface area contributed by atoms with E-state index in [0.717, 1.165) is 11.4 Å². The van der Waals surface area contributed by atoms with Crippen LogP contribution in [-0.4, -0.2) is 40.4 Å². The van der Waals surface area contributed by atoms with Crippen LogP contribution >= 0.6 is 0 Å². The monoisotopic (exact) mass is 315 g/mol. The van der Waals surface area contributed by atoms with Crippen molar-refractivity contribution in [3.8, 4) is 0 Å². The molecule has 0 saturated carbocycles. The van der Waals surface area contributed by atoms with Gasteiger partial charge in [-0.2, -0.15) is 0 Å². The van der Waals surface area contributed by atoms with E-state index in [2.05, 4.69) is 42.6 Å². The molecule has 6 heteroatoms. The topological polar surface area (TPSA) is 47.5 Å². The third kappa shape index (κ3) is 2.47. The van der Waals surface area contributed by atoms with Gasteiger partial charge in [0.2, 0.25) is 5.95 Å². The highest BCUT2D eigenvalue weighted by Crippen LogP contribution is 2.38. The van der Waals surface area contributed by atoms with E-state index in [1.54, 1.807) is 0 Å². The second kappa shape index (κ2) is 5.18. The lowest BCUT2D eigenvalue weighted by Gasteiger charge is -2.34. The lowest BCUT2D eigenvalue weighted by Crippen LogP contribution is -2.42. The van der Waals surface area contributed by atoms with Crippen LogP contribution < -0.4 is 10.4 Å². The van der Waals surface area contributed by atoms with Gasteiger partial charge in [0.15, 0.2) is 0 Å². The Morgan fingerprint density at radius 2 is 1.48 bits per heavy atom. The highest BCUT2D eigenvalue weighted by Gasteiger charge is 2.52. The molecule has 1 aromatic heterocycles. The molecule has 0 aliphatic carbocycles. The third-order valence-corrected chi connectivity index (χ3v) is 6.11. The van der Waals surface area contributed by atoms with Gasteiger partial charge in [-0.15, -0.1) is 0 Å². The van der Waals surface area contributed by atoms with Crippen LogP contribution in [0.5, 0.6) is 0 Å². The lowest BCUT2D eigenvalue weighted by atomic mass is 9.81. The van der Waals surface area contributed by atoms with E-state index in [4.69, 9.17) is 9.31 Å². The Bertz CT molecular complexity index is 558. The van der Waals surface area contributed by atoms with Gasteiger partial charge in [0.1, 0.15) is 0 Å². The van der Waals surface area contributed by atoms with E-state index in [1.807, 2.05) is 12.4 Å². The highest BCUT2D eigenvalue weighted by molar-refractivity contribution is 6.61. The molecule has 3 aliphatic rings. The van der Waals surface area contributed by atoms with Crippen LogP contribution in [-0.2, 0) is 9.31 Å². The summed E-state index contributed by atoms with van der Waals surface area (Å²) in [5, 5.41) is 0. The van der Waals surface area contributed by atoms with Gasteiger partial charge in [0.25, 0.3) is 0 Å². The summed E-state index contributed by atoms with van der Waals surface area (Å²) >= 11 is 0. The Balaban J connectivity index is 1.53. The van der Waals surface area contributed by atoms with Crippen molar-refractivity contribution in [1.82, 2.24) is 9.97 Å². The first-order valence-electron chi connectivity index (χ1n) is 8.83. The quantitative estimate of drug-likeness (QED) is 0.784. The zero-order chi connectivity index (χ0) is 16.2. The molecule has 3 aliphatic heterocycles. The molecule has 4 heterocycles. The summed E-state index contributed by atoms with van der Waals surface area (Å²) in [6.45, 7) is 8.25. The highest BCUT2D eigenvalue weighted by atomic mass is 16.7. The maximum atomic E-state index is 6.07. The smallest absolute Gasteiger partial charge is 0.399 e. The lowest BCUT2D eigenvalue weighted by molar-refractivity contribution is 0.00578. The third-order valence-electron chi connectivity index (χ3n) is 6.11. The largest absolute Gasteiger partial charge is 0.498 e. The van der Waals surface area contributed by atoms with Gasteiger partial charge in [0, 0.05) is 29.9 Å². The molecule has 2 unspecified atom stereocenters. The molecule has 2 bridgehead atoms. The van der Waals surface area contributed by atoms with Crippen LogP contribution in [0.3, 0.4) is 0 Å². The van der Waals surface area contributed by atoms with Gasteiger partial charge in [-0.05, 0) is 59.8 Å². The van der Waals surface area contributed by atoms with Crippen LogP contribution in [0.25, 0.3) is 0 Å². The normalized spacial score (nSPS) is 31.7. The minimum atomic E-state index is -0.382. The van der Waals surface area contributed by atoms with Gasteiger partial charge < -0.3 is 14.2 Å². The molecular formula is C17H26BN3O2. The fourth-order valence-electron chi connectivity index (χ4n) is 4.01. The first kappa shape index (κ1) is 15.4. The fraction of sp³-hybridized carbons (Fsp3) is 0.765. The van der Waals surface area contributed by atoms with Crippen molar-refractivity contribution < 1.29 is 9.31 Å². The standard InChI is InChI=1S/C17H26BN3O2/c1-16(2)17(3,4)23-18(22-16)12-10-19-15(20-11-12)21-13-6-5-7-14(21)9-8-13/h10-11,13-14H,5-9H2,1-4H3. The van der Waals surface area contributed by atoms with Gasteiger partial charge in [-0.1, -0.05) is 0 Å². The Kier molecular flexibility index (Phi) is 3.47. The predicted octanol–water partition coefficient (Wildman–Crippen LogP) is 2.30. The van der Waals surface area contributed by atoms with Crippen molar-refractivity contribution >= 4 is 18.5 Å². The van der Waals surface area contributed by atoms with Crippen LogP contribution in [0.2, 0.25) is 0 Å². The molecule has 0 aromatic carbocycles. The predicted molar refractivity (Wildman–Crippen MR) is 90.9 cm³/mol. The Morgan fingerprint density at radius 3 is 2.00 bits per heavy atom. The molecule has 4 rings (SSSR count). The van der Waals surface area contributed by atoms with Gasteiger partial charge in [-0.25, -0.2) is 9.97 Å². The average molecular weight is 315 g/mol. The number of rotatable bonds is 2. The average Bonchev–Trinajstić information content (AvgIpc) is 2.87. The van der Waals surface area contributed by atoms with Crippen molar-refractivity contribution in [2.24, 2.45) is 0 Å². The molecule has 1 aromatic rings. The van der Waals surface area contributed by atoms with Crippen molar-refractivity contribution in [3.63, 3.8) is 0 Å². The molecule has 3 fully saturated rings. The van der Waals surface area contributed by atoms with Crippen LogP contribution in [0.1, 0.15) is 59.8 Å². The maximum Gasteiger partial charge on any atom is 0.498 e. The molecule has 2 atom stereocenters. The number of aromatic nitrogens is 2. The molecule has 3 saturated heterocycles. The number of hydrogen-bond acceptors (Lipinski definition) is 5. The van der Waals surface area contributed by atoms with Crippen LogP contribution in [0, 0.1) is 0 Å². The molecule has 0 radical (unpaired) electrons. The molecule has 5 nitrogen and oxygen atoms in total. The van der Waals surface area contributed by atoms with E-state index in [0.29, 0.717) is 12.1 Å². The Labute approximate surface area is 138 Å². The Morgan fingerprint density at radius 1 is 0.957 bits per heavy atom. The summed E-state index contributed by atoms with van der Waals surface area (Å²) in [6, 6.07) is 1.27. The zero-order valence-corrected chi connectivity index (χ0v) is 14.6. The molecule has 0 amide bonds. The molecular weight excluding hydrogens is 289 g/mol. The minimum Gasteiger partial charge on any atom is -0.399 e. The van der Waals surface area contributed by atoms with Crippen molar-refractivity contribution in [1.29, 1.82) is 0 Å². The zero-order valence-electron chi connectivity index (χ0n) is 14.6. The Hall–Kier alpha value is -1.14.